The van der Waals surface area contributed by atoms with Gasteiger partial charge in [0.05, 0.1) is 5.41 Å². The van der Waals surface area contributed by atoms with Crippen LogP contribution in [0.15, 0.2) is 0 Å². The molecular weight excluding hydrogens is 274 g/mol. The van der Waals surface area contributed by atoms with Crippen molar-refractivity contribution in [2.75, 3.05) is 26.2 Å². The molecule has 1 rings (SSSR count). The number of aliphatic carboxylic acids is 1. The molecule has 120 valence electrons. The fraction of sp³-hybridized carbons (Fsp3) is 0.786. The summed E-state index contributed by atoms with van der Waals surface area (Å²) >= 11 is 0. The normalized spacial score (nSPS) is 21.4. The maximum absolute atomic E-state index is 12.0. The van der Waals surface area contributed by atoms with E-state index >= 15 is 0 Å². The van der Waals surface area contributed by atoms with Gasteiger partial charge in [0.1, 0.15) is 0 Å². The zero-order valence-electron chi connectivity index (χ0n) is 12.9. The van der Waals surface area contributed by atoms with Crippen molar-refractivity contribution < 1.29 is 19.5 Å². The second kappa shape index (κ2) is 7.28. The molecule has 1 atom stereocenters. The SMILES string of the molecule is CCNC(=O)CCNC(=O)N1CCC(C(=O)O)(C(C)C)C1. The van der Waals surface area contributed by atoms with Gasteiger partial charge in [-0.05, 0) is 19.3 Å². The summed E-state index contributed by atoms with van der Waals surface area (Å²) in [5.74, 6) is -1.00. The van der Waals surface area contributed by atoms with Crippen LogP contribution in [0.25, 0.3) is 0 Å². The highest BCUT2D eigenvalue weighted by Gasteiger charge is 2.48. The van der Waals surface area contributed by atoms with Crippen molar-refractivity contribution in [2.24, 2.45) is 11.3 Å². The van der Waals surface area contributed by atoms with E-state index < -0.39 is 11.4 Å². The van der Waals surface area contributed by atoms with E-state index in [0.717, 1.165) is 0 Å². The van der Waals surface area contributed by atoms with Gasteiger partial charge in [-0.25, -0.2) is 4.79 Å². The number of amides is 3. The Bertz CT molecular complexity index is 411. The maximum atomic E-state index is 12.0. The maximum Gasteiger partial charge on any atom is 0.317 e. The average molecular weight is 299 g/mol. The molecule has 0 aromatic heterocycles. The van der Waals surface area contributed by atoms with Crippen LogP contribution < -0.4 is 10.6 Å². The fourth-order valence-electron chi connectivity index (χ4n) is 2.58. The number of carbonyl (C=O) groups is 3. The Morgan fingerprint density at radius 2 is 1.95 bits per heavy atom. The highest BCUT2D eigenvalue weighted by Crippen LogP contribution is 2.38. The first-order valence-electron chi connectivity index (χ1n) is 7.36. The number of hydrogen-bond donors (Lipinski definition) is 3. The van der Waals surface area contributed by atoms with Gasteiger partial charge in [0.25, 0.3) is 0 Å². The molecule has 1 fully saturated rings. The predicted octanol–water partition coefficient (Wildman–Crippen LogP) is 0.655. The number of rotatable bonds is 6. The Morgan fingerprint density at radius 3 is 2.43 bits per heavy atom. The molecule has 0 aromatic carbocycles. The number of carboxylic acid groups (broad SMARTS) is 1. The van der Waals surface area contributed by atoms with Crippen LogP contribution in [0.3, 0.4) is 0 Å². The van der Waals surface area contributed by atoms with E-state index in [9.17, 15) is 19.5 Å². The standard InChI is InChI=1S/C14H25N3O4/c1-4-15-11(18)5-7-16-13(21)17-8-6-14(9-17,10(2)3)12(19)20/h10H,4-9H2,1-3H3,(H,15,18)(H,16,21)(H,19,20). The highest BCUT2D eigenvalue weighted by molar-refractivity contribution is 5.81. The number of urea groups is 1. The first-order valence-corrected chi connectivity index (χ1v) is 7.36. The second-order valence-corrected chi connectivity index (χ2v) is 5.72. The lowest BCUT2D eigenvalue weighted by molar-refractivity contribution is -0.150. The van der Waals surface area contributed by atoms with Crippen molar-refractivity contribution in [3.05, 3.63) is 0 Å². The van der Waals surface area contributed by atoms with Crippen LogP contribution in [0.5, 0.6) is 0 Å². The van der Waals surface area contributed by atoms with Gasteiger partial charge in [0.15, 0.2) is 0 Å². The molecule has 0 bridgehead atoms. The topological polar surface area (TPSA) is 98.7 Å². The summed E-state index contributed by atoms with van der Waals surface area (Å²) in [6.45, 7) is 7.02. The van der Waals surface area contributed by atoms with Gasteiger partial charge in [-0.3, -0.25) is 9.59 Å². The fourth-order valence-corrected chi connectivity index (χ4v) is 2.58. The van der Waals surface area contributed by atoms with E-state index in [1.165, 1.54) is 4.90 Å². The summed E-state index contributed by atoms with van der Waals surface area (Å²) in [6.07, 6.45) is 0.686. The van der Waals surface area contributed by atoms with Crippen LogP contribution >= 0.6 is 0 Å². The average Bonchev–Trinajstić information content (AvgIpc) is 2.85. The van der Waals surface area contributed by atoms with Crippen LogP contribution in [0.1, 0.15) is 33.6 Å². The van der Waals surface area contributed by atoms with Gasteiger partial charge >= 0.3 is 12.0 Å². The van der Waals surface area contributed by atoms with Gasteiger partial charge in [-0.1, -0.05) is 13.8 Å². The monoisotopic (exact) mass is 299 g/mol. The molecule has 0 aliphatic carbocycles. The first-order chi connectivity index (χ1) is 9.83. The lowest BCUT2D eigenvalue weighted by atomic mass is 9.76. The summed E-state index contributed by atoms with van der Waals surface area (Å²) in [7, 11) is 0. The molecule has 1 unspecified atom stereocenters. The smallest absolute Gasteiger partial charge is 0.317 e. The van der Waals surface area contributed by atoms with Crippen LogP contribution in [-0.2, 0) is 9.59 Å². The Labute approximate surface area is 125 Å². The van der Waals surface area contributed by atoms with Crippen LogP contribution in [0.2, 0.25) is 0 Å². The molecule has 3 amide bonds. The number of carbonyl (C=O) groups excluding carboxylic acids is 2. The van der Waals surface area contributed by atoms with Gasteiger partial charge in [0, 0.05) is 32.6 Å². The van der Waals surface area contributed by atoms with E-state index in [0.29, 0.717) is 19.5 Å². The molecule has 7 nitrogen and oxygen atoms in total. The number of hydrogen-bond acceptors (Lipinski definition) is 3. The molecule has 1 heterocycles. The lowest BCUT2D eigenvalue weighted by Crippen LogP contribution is -2.44. The van der Waals surface area contributed by atoms with Crippen LogP contribution in [0, 0.1) is 11.3 Å². The molecule has 21 heavy (non-hydrogen) atoms. The van der Waals surface area contributed by atoms with E-state index in [1.807, 2.05) is 20.8 Å². The van der Waals surface area contributed by atoms with Crippen molar-refractivity contribution in [1.29, 1.82) is 0 Å². The minimum absolute atomic E-state index is 0.0388. The minimum Gasteiger partial charge on any atom is -0.481 e. The van der Waals surface area contributed by atoms with E-state index in [1.54, 1.807) is 0 Å². The van der Waals surface area contributed by atoms with Crippen molar-refractivity contribution in [3.8, 4) is 0 Å². The van der Waals surface area contributed by atoms with E-state index in [4.69, 9.17) is 0 Å². The molecule has 7 heteroatoms. The van der Waals surface area contributed by atoms with E-state index in [2.05, 4.69) is 10.6 Å². The minimum atomic E-state index is -0.864. The van der Waals surface area contributed by atoms with Gasteiger partial charge < -0.3 is 20.6 Å². The Hall–Kier alpha value is -1.79. The zero-order valence-corrected chi connectivity index (χ0v) is 12.9. The number of likely N-dealkylation sites (tertiary alicyclic amines) is 1. The number of nitrogens with one attached hydrogen (secondary N) is 2. The molecule has 3 N–H and O–H groups in total. The van der Waals surface area contributed by atoms with Crippen molar-refractivity contribution in [1.82, 2.24) is 15.5 Å². The molecule has 1 saturated heterocycles. The van der Waals surface area contributed by atoms with Crippen molar-refractivity contribution in [3.63, 3.8) is 0 Å². The summed E-state index contributed by atoms with van der Waals surface area (Å²) in [4.78, 5) is 36.3. The summed E-state index contributed by atoms with van der Waals surface area (Å²) in [5.41, 5.74) is -0.864. The van der Waals surface area contributed by atoms with Crippen molar-refractivity contribution in [2.45, 2.75) is 33.6 Å². The van der Waals surface area contributed by atoms with Gasteiger partial charge in [-0.15, -0.1) is 0 Å². The van der Waals surface area contributed by atoms with Crippen LogP contribution in [0.4, 0.5) is 4.79 Å². The number of nitrogens with zero attached hydrogens (tertiary/aromatic N) is 1. The Morgan fingerprint density at radius 1 is 1.29 bits per heavy atom. The first kappa shape index (κ1) is 17.3. The third-order valence-electron chi connectivity index (χ3n) is 4.12. The summed E-state index contributed by atoms with van der Waals surface area (Å²) in [6, 6.07) is -0.303. The van der Waals surface area contributed by atoms with Gasteiger partial charge in [-0.2, -0.15) is 0 Å². The molecule has 0 spiro atoms. The predicted molar refractivity (Wildman–Crippen MR) is 77.8 cm³/mol. The Kier molecular flexibility index (Phi) is 5.99. The highest BCUT2D eigenvalue weighted by atomic mass is 16.4. The largest absolute Gasteiger partial charge is 0.481 e. The van der Waals surface area contributed by atoms with Crippen LogP contribution in [-0.4, -0.2) is 54.1 Å². The molecule has 1 aliphatic heterocycles. The molecule has 0 aromatic rings. The summed E-state index contributed by atoms with van der Waals surface area (Å²) in [5, 5.41) is 14.7. The third-order valence-corrected chi connectivity index (χ3v) is 4.12. The number of carboxylic acids is 1. The zero-order chi connectivity index (χ0) is 16.0. The summed E-state index contributed by atoms with van der Waals surface area (Å²) < 4.78 is 0. The van der Waals surface area contributed by atoms with E-state index in [-0.39, 0.29) is 37.4 Å². The molecule has 0 radical (unpaired) electrons. The molecular formula is C14H25N3O4. The second-order valence-electron chi connectivity index (χ2n) is 5.72. The lowest BCUT2D eigenvalue weighted by Gasteiger charge is -2.28. The molecule has 0 saturated carbocycles. The quantitative estimate of drug-likeness (QED) is 0.671. The molecule has 1 aliphatic rings. The Balaban J connectivity index is 2.47. The third kappa shape index (κ3) is 4.09. The van der Waals surface area contributed by atoms with Gasteiger partial charge in [0.2, 0.25) is 5.91 Å². The van der Waals surface area contributed by atoms with Crippen molar-refractivity contribution >= 4 is 17.9 Å².